The predicted octanol–water partition coefficient (Wildman–Crippen LogP) is 2.51. The standard InChI is InChI=1S/C21H26N4O2/c26-13-19(27)15-5-6-17-16(11-15)12-18-20(17)21(24-14-23-18)22-7-4-10-25-8-2-1-3-9-25/h5-6,11,14,26H,1-4,7-10,12-13H2,(H,22,23,24). The lowest BCUT2D eigenvalue weighted by Crippen LogP contribution is -2.31. The average molecular weight is 366 g/mol. The number of rotatable bonds is 7. The maximum Gasteiger partial charge on any atom is 0.188 e. The summed E-state index contributed by atoms with van der Waals surface area (Å²) in [5, 5.41) is 12.6. The van der Waals surface area contributed by atoms with Gasteiger partial charge < -0.3 is 15.3 Å². The van der Waals surface area contributed by atoms with E-state index in [1.807, 2.05) is 12.1 Å². The number of hydrogen-bond donors (Lipinski definition) is 2. The van der Waals surface area contributed by atoms with Crippen LogP contribution in [-0.4, -0.2) is 58.5 Å². The Morgan fingerprint density at radius 2 is 2.04 bits per heavy atom. The third-order valence-corrected chi connectivity index (χ3v) is 5.52. The molecule has 0 amide bonds. The third kappa shape index (κ3) is 3.87. The molecule has 6 nitrogen and oxygen atoms in total. The zero-order chi connectivity index (χ0) is 18.6. The molecule has 0 saturated carbocycles. The Labute approximate surface area is 159 Å². The summed E-state index contributed by atoms with van der Waals surface area (Å²) in [4.78, 5) is 23.2. The Kier molecular flexibility index (Phi) is 5.45. The molecule has 0 atom stereocenters. The molecule has 0 spiro atoms. The van der Waals surface area contributed by atoms with Crippen LogP contribution in [0.15, 0.2) is 24.5 Å². The summed E-state index contributed by atoms with van der Waals surface area (Å²) < 4.78 is 0. The Hall–Kier alpha value is -2.31. The first kappa shape index (κ1) is 18.1. The minimum atomic E-state index is -0.463. The van der Waals surface area contributed by atoms with E-state index in [-0.39, 0.29) is 5.78 Å². The SMILES string of the molecule is O=C(CO)c1ccc2c(c1)Cc1ncnc(NCCCN3CCCCC3)c1-2. The normalized spacial score (nSPS) is 16.0. The highest BCUT2D eigenvalue weighted by molar-refractivity contribution is 5.98. The van der Waals surface area contributed by atoms with Gasteiger partial charge in [-0.25, -0.2) is 9.97 Å². The van der Waals surface area contributed by atoms with Gasteiger partial charge in [0.15, 0.2) is 5.78 Å². The number of benzene rings is 1. The van der Waals surface area contributed by atoms with Crippen LogP contribution in [0.2, 0.25) is 0 Å². The topological polar surface area (TPSA) is 78.3 Å². The zero-order valence-electron chi connectivity index (χ0n) is 15.6. The minimum Gasteiger partial charge on any atom is -0.388 e. The van der Waals surface area contributed by atoms with E-state index >= 15 is 0 Å². The molecule has 2 aromatic rings. The largest absolute Gasteiger partial charge is 0.388 e. The monoisotopic (exact) mass is 366 g/mol. The summed E-state index contributed by atoms with van der Waals surface area (Å²) in [6.07, 6.45) is 7.41. The van der Waals surface area contributed by atoms with Gasteiger partial charge in [0.1, 0.15) is 18.8 Å². The van der Waals surface area contributed by atoms with Crippen molar-refractivity contribution in [2.75, 3.05) is 38.1 Å². The number of Topliss-reactive ketones (excluding diaryl/α,β-unsaturated/α-hetero) is 1. The first-order valence-electron chi connectivity index (χ1n) is 9.83. The number of aromatic nitrogens is 2. The van der Waals surface area contributed by atoms with Crippen molar-refractivity contribution in [2.45, 2.75) is 32.1 Å². The van der Waals surface area contributed by atoms with Crippen LogP contribution >= 0.6 is 0 Å². The summed E-state index contributed by atoms with van der Waals surface area (Å²) in [7, 11) is 0. The second-order valence-electron chi connectivity index (χ2n) is 7.36. The Bertz CT molecular complexity index is 831. The highest BCUT2D eigenvalue weighted by Gasteiger charge is 2.24. The zero-order valence-corrected chi connectivity index (χ0v) is 15.6. The molecule has 2 heterocycles. The Morgan fingerprint density at radius 1 is 1.19 bits per heavy atom. The van der Waals surface area contributed by atoms with Crippen molar-refractivity contribution in [3.8, 4) is 11.1 Å². The second kappa shape index (κ2) is 8.15. The Balaban J connectivity index is 1.44. The number of nitrogens with one attached hydrogen (secondary N) is 1. The average Bonchev–Trinajstić information content (AvgIpc) is 3.09. The maximum absolute atomic E-state index is 11.8. The van der Waals surface area contributed by atoms with Crippen LogP contribution in [0.1, 0.15) is 47.3 Å². The molecule has 1 aromatic carbocycles. The molecule has 0 bridgehead atoms. The molecule has 27 heavy (non-hydrogen) atoms. The van der Waals surface area contributed by atoms with Gasteiger partial charge in [-0.05, 0) is 56.1 Å². The number of fused-ring (bicyclic) bond motifs is 3. The van der Waals surface area contributed by atoms with E-state index in [9.17, 15) is 4.79 Å². The molecule has 1 fully saturated rings. The van der Waals surface area contributed by atoms with Crippen molar-refractivity contribution in [1.29, 1.82) is 0 Å². The van der Waals surface area contributed by atoms with E-state index < -0.39 is 6.61 Å². The van der Waals surface area contributed by atoms with Gasteiger partial charge in [0.2, 0.25) is 0 Å². The van der Waals surface area contributed by atoms with Gasteiger partial charge >= 0.3 is 0 Å². The second-order valence-corrected chi connectivity index (χ2v) is 7.36. The van der Waals surface area contributed by atoms with Crippen molar-refractivity contribution in [2.24, 2.45) is 0 Å². The molecule has 1 aliphatic carbocycles. The molecule has 4 rings (SSSR count). The molecule has 6 heteroatoms. The van der Waals surface area contributed by atoms with Gasteiger partial charge in [-0.3, -0.25) is 4.79 Å². The number of aliphatic hydroxyl groups excluding tert-OH is 1. The van der Waals surface area contributed by atoms with E-state index in [2.05, 4.69) is 20.2 Å². The molecule has 0 radical (unpaired) electrons. The molecule has 1 aromatic heterocycles. The van der Waals surface area contributed by atoms with Gasteiger partial charge in [0.05, 0.1) is 5.69 Å². The smallest absolute Gasteiger partial charge is 0.188 e. The van der Waals surface area contributed by atoms with Gasteiger partial charge in [0.25, 0.3) is 0 Å². The van der Waals surface area contributed by atoms with Crippen molar-refractivity contribution < 1.29 is 9.90 Å². The molecule has 0 unspecified atom stereocenters. The highest BCUT2D eigenvalue weighted by atomic mass is 16.3. The molecular formula is C21H26N4O2. The molecular weight excluding hydrogens is 340 g/mol. The first-order chi connectivity index (χ1) is 13.3. The summed E-state index contributed by atoms with van der Waals surface area (Å²) in [6, 6.07) is 5.60. The van der Waals surface area contributed by atoms with Crippen LogP contribution in [-0.2, 0) is 6.42 Å². The molecule has 1 aliphatic heterocycles. The molecule has 2 N–H and O–H groups in total. The summed E-state index contributed by atoms with van der Waals surface area (Å²) >= 11 is 0. The number of ketones is 1. The van der Waals surface area contributed by atoms with E-state index in [0.717, 1.165) is 47.7 Å². The van der Waals surface area contributed by atoms with Crippen LogP contribution in [0, 0.1) is 0 Å². The van der Waals surface area contributed by atoms with Crippen LogP contribution in [0.3, 0.4) is 0 Å². The number of piperidine rings is 1. The maximum atomic E-state index is 11.8. The van der Waals surface area contributed by atoms with Gasteiger partial charge in [0, 0.05) is 24.1 Å². The van der Waals surface area contributed by atoms with Crippen LogP contribution < -0.4 is 5.32 Å². The fraction of sp³-hybridized carbons (Fsp3) is 0.476. The first-order valence-corrected chi connectivity index (χ1v) is 9.83. The lowest BCUT2D eigenvalue weighted by Gasteiger charge is -2.26. The van der Waals surface area contributed by atoms with Crippen LogP contribution in [0.25, 0.3) is 11.1 Å². The Morgan fingerprint density at radius 3 is 2.85 bits per heavy atom. The van der Waals surface area contributed by atoms with Crippen LogP contribution in [0.5, 0.6) is 0 Å². The fourth-order valence-electron chi connectivity index (χ4n) is 4.09. The minimum absolute atomic E-state index is 0.254. The van der Waals surface area contributed by atoms with Crippen molar-refractivity contribution in [3.63, 3.8) is 0 Å². The molecule has 2 aliphatic rings. The van der Waals surface area contributed by atoms with E-state index in [1.54, 1.807) is 12.4 Å². The molecule has 1 saturated heterocycles. The van der Waals surface area contributed by atoms with Gasteiger partial charge in [-0.1, -0.05) is 18.6 Å². The highest BCUT2D eigenvalue weighted by Crippen LogP contribution is 2.39. The predicted molar refractivity (Wildman–Crippen MR) is 105 cm³/mol. The van der Waals surface area contributed by atoms with Crippen LogP contribution in [0.4, 0.5) is 5.82 Å². The van der Waals surface area contributed by atoms with Crippen molar-refractivity contribution in [1.82, 2.24) is 14.9 Å². The van der Waals surface area contributed by atoms with Gasteiger partial charge in [-0.2, -0.15) is 0 Å². The lowest BCUT2D eigenvalue weighted by molar-refractivity contribution is 0.0903. The number of aliphatic hydroxyl groups is 1. The number of likely N-dealkylation sites (tertiary alicyclic amines) is 1. The summed E-state index contributed by atoms with van der Waals surface area (Å²) in [5.74, 6) is 0.620. The molecule has 142 valence electrons. The quantitative estimate of drug-likeness (QED) is 0.494. The summed E-state index contributed by atoms with van der Waals surface area (Å²) in [6.45, 7) is 4.01. The number of hydrogen-bond acceptors (Lipinski definition) is 6. The van der Waals surface area contributed by atoms with Crippen molar-refractivity contribution >= 4 is 11.6 Å². The van der Waals surface area contributed by atoms with Crippen molar-refractivity contribution in [3.05, 3.63) is 41.3 Å². The summed E-state index contributed by atoms with van der Waals surface area (Å²) in [5.41, 5.74) is 4.74. The lowest BCUT2D eigenvalue weighted by atomic mass is 10.0. The van der Waals surface area contributed by atoms with E-state index in [4.69, 9.17) is 5.11 Å². The van der Waals surface area contributed by atoms with Gasteiger partial charge in [-0.15, -0.1) is 0 Å². The number of carbonyl (C=O) groups excluding carboxylic acids is 1. The third-order valence-electron chi connectivity index (χ3n) is 5.52. The van der Waals surface area contributed by atoms with E-state index in [1.165, 1.54) is 32.4 Å². The van der Waals surface area contributed by atoms with E-state index in [0.29, 0.717) is 12.0 Å². The number of carbonyl (C=O) groups is 1. The fourth-order valence-corrected chi connectivity index (χ4v) is 4.09. The number of nitrogens with zero attached hydrogens (tertiary/aromatic N) is 3. The number of anilines is 1.